The van der Waals surface area contributed by atoms with Gasteiger partial charge in [-0.1, -0.05) is 0 Å². The number of ether oxygens (including phenoxy) is 1. The highest BCUT2D eigenvalue weighted by Crippen LogP contribution is 2.41. The van der Waals surface area contributed by atoms with Gasteiger partial charge in [-0.2, -0.15) is 0 Å². The van der Waals surface area contributed by atoms with Crippen molar-refractivity contribution in [2.24, 2.45) is 5.92 Å². The quantitative estimate of drug-likeness (QED) is 0.894. The van der Waals surface area contributed by atoms with Crippen LogP contribution in [0.5, 0.6) is 0 Å². The summed E-state index contributed by atoms with van der Waals surface area (Å²) >= 11 is 0. The van der Waals surface area contributed by atoms with Gasteiger partial charge >= 0.3 is 0 Å². The summed E-state index contributed by atoms with van der Waals surface area (Å²) in [6.45, 7) is 3.85. The molecule has 0 aromatic carbocycles. The minimum atomic E-state index is -0.415. The topological polar surface area (TPSA) is 59.4 Å². The lowest BCUT2D eigenvalue weighted by Crippen LogP contribution is -2.53. The van der Waals surface area contributed by atoms with Crippen LogP contribution >= 0.6 is 0 Å². The number of fused-ring (bicyclic) bond motifs is 2. The normalized spacial score (nSPS) is 27.6. The summed E-state index contributed by atoms with van der Waals surface area (Å²) < 4.78 is 8.40. The molecule has 120 valence electrons. The molecule has 1 saturated heterocycles. The highest BCUT2D eigenvalue weighted by atomic mass is 16.5. The van der Waals surface area contributed by atoms with Crippen molar-refractivity contribution < 1.29 is 9.53 Å². The van der Waals surface area contributed by atoms with Gasteiger partial charge in [0.15, 0.2) is 6.10 Å². The van der Waals surface area contributed by atoms with Crippen LogP contribution in [0.2, 0.25) is 0 Å². The van der Waals surface area contributed by atoms with Crippen LogP contribution < -0.4 is 5.32 Å². The fourth-order valence-electron chi connectivity index (χ4n) is 3.80. The Kier molecular flexibility index (Phi) is 3.46. The zero-order valence-electron chi connectivity index (χ0n) is 13.1. The molecule has 2 fully saturated rings. The molecule has 1 aliphatic carbocycles. The highest BCUT2D eigenvalue weighted by Gasteiger charge is 2.47. The fourth-order valence-corrected chi connectivity index (χ4v) is 3.80. The van der Waals surface area contributed by atoms with Crippen molar-refractivity contribution in [3.63, 3.8) is 0 Å². The van der Waals surface area contributed by atoms with Crippen molar-refractivity contribution in [2.75, 3.05) is 26.7 Å². The Bertz CT molecular complexity index is 558. The minimum Gasteiger partial charge on any atom is -0.357 e. The van der Waals surface area contributed by atoms with E-state index in [2.05, 4.69) is 19.8 Å². The van der Waals surface area contributed by atoms with Crippen molar-refractivity contribution in [2.45, 2.75) is 43.9 Å². The van der Waals surface area contributed by atoms with Crippen molar-refractivity contribution in [3.05, 3.63) is 18.2 Å². The number of imidazole rings is 1. The molecule has 3 aliphatic rings. The number of likely N-dealkylation sites (tertiary alicyclic amines) is 1. The summed E-state index contributed by atoms with van der Waals surface area (Å²) in [5.41, 5.74) is -0.390. The van der Waals surface area contributed by atoms with Crippen LogP contribution in [-0.2, 0) is 21.7 Å². The molecule has 1 atom stereocenters. The second-order valence-corrected chi connectivity index (χ2v) is 6.86. The van der Waals surface area contributed by atoms with Gasteiger partial charge in [0, 0.05) is 39.1 Å². The van der Waals surface area contributed by atoms with Crippen molar-refractivity contribution in [1.29, 1.82) is 0 Å². The molecule has 2 aliphatic heterocycles. The van der Waals surface area contributed by atoms with Gasteiger partial charge in [0.2, 0.25) is 0 Å². The van der Waals surface area contributed by atoms with Gasteiger partial charge in [0.1, 0.15) is 11.4 Å². The number of nitrogens with one attached hydrogen (secondary N) is 1. The number of carbonyl (C=O) groups excluding carboxylic acids is 1. The van der Waals surface area contributed by atoms with E-state index in [-0.39, 0.29) is 11.5 Å². The first-order valence-corrected chi connectivity index (χ1v) is 8.33. The van der Waals surface area contributed by atoms with E-state index in [0.29, 0.717) is 6.54 Å². The molecule has 1 amide bonds. The van der Waals surface area contributed by atoms with Crippen molar-refractivity contribution in [1.82, 2.24) is 19.8 Å². The number of rotatable bonds is 3. The van der Waals surface area contributed by atoms with Crippen molar-refractivity contribution >= 4 is 5.91 Å². The van der Waals surface area contributed by atoms with Gasteiger partial charge < -0.3 is 19.5 Å². The molecule has 0 bridgehead atoms. The number of amides is 1. The van der Waals surface area contributed by atoms with E-state index in [4.69, 9.17) is 4.74 Å². The lowest BCUT2D eigenvalue weighted by Gasteiger charge is -2.45. The van der Waals surface area contributed by atoms with Gasteiger partial charge in [0.25, 0.3) is 5.91 Å². The molecule has 3 heterocycles. The summed E-state index contributed by atoms with van der Waals surface area (Å²) in [5, 5.41) is 2.71. The molecule has 6 heteroatoms. The number of hydrogen-bond acceptors (Lipinski definition) is 4. The molecule has 22 heavy (non-hydrogen) atoms. The Morgan fingerprint density at radius 1 is 1.45 bits per heavy atom. The van der Waals surface area contributed by atoms with Crippen LogP contribution in [0.15, 0.2) is 12.4 Å². The van der Waals surface area contributed by atoms with Crippen LogP contribution in [-0.4, -0.2) is 53.1 Å². The molecular formula is C16H24N4O2. The van der Waals surface area contributed by atoms with Crippen LogP contribution in [0.1, 0.15) is 31.5 Å². The molecule has 0 radical (unpaired) electrons. The number of likely N-dealkylation sites (N-methyl/N-ethyl adjacent to an activating group) is 1. The standard InChI is InChI=1S/C16H24N4O2/c1-17-14(21)13-11-20-9-6-18-15(20)16(22-13)4-7-19(8-5-16)10-12-2-3-12/h6,9,12-13H,2-5,7-8,10-11H2,1H3,(H,17,21). The molecule has 1 aromatic heterocycles. The van der Waals surface area contributed by atoms with E-state index in [1.54, 1.807) is 7.05 Å². The number of aromatic nitrogens is 2. The lowest BCUT2D eigenvalue weighted by atomic mass is 9.88. The van der Waals surface area contributed by atoms with Gasteiger partial charge in [-0.3, -0.25) is 4.79 Å². The van der Waals surface area contributed by atoms with Gasteiger partial charge in [-0.15, -0.1) is 0 Å². The molecule has 1 saturated carbocycles. The molecule has 1 spiro atoms. The van der Waals surface area contributed by atoms with E-state index >= 15 is 0 Å². The monoisotopic (exact) mass is 304 g/mol. The predicted molar refractivity (Wildman–Crippen MR) is 81.2 cm³/mol. The molecular weight excluding hydrogens is 280 g/mol. The van der Waals surface area contributed by atoms with Crippen LogP contribution in [0.25, 0.3) is 0 Å². The average molecular weight is 304 g/mol. The van der Waals surface area contributed by atoms with E-state index in [1.807, 2.05) is 12.4 Å². The first kappa shape index (κ1) is 14.2. The third kappa shape index (κ3) is 2.44. The summed E-state index contributed by atoms with van der Waals surface area (Å²) in [6, 6.07) is 0. The molecule has 4 rings (SSSR count). The van der Waals surface area contributed by atoms with Crippen molar-refractivity contribution in [3.8, 4) is 0 Å². The van der Waals surface area contributed by atoms with Crippen LogP contribution in [0.3, 0.4) is 0 Å². The van der Waals surface area contributed by atoms with Gasteiger partial charge in [0.05, 0.1) is 6.54 Å². The van der Waals surface area contributed by atoms with Crippen LogP contribution in [0, 0.1) is 5.92 Å². The van der Waals surface area contributed by atoms with E-state index < -0.39 is 6.10 Å². The molecule has 1 N–H and O–H groups in total. The predicted octanol–water partition coefficient (Wildman–Crippen LogP) is 0.729. The Labute approximate surface area is 130 Å². The fraction of sp³-hybridized carbons (Fsp3) is 0.750. The number of piperidine rings is 1. The van der Waals surface area contributed by atoms with E-state index in [1.165, 1.54) is 19.4 Å². The van der Waals surface area contributed by atoms with Crippen LogP contribution in [0.4, 0.5) is 0 Å². The Morgan fingerprint density at radius 3 is 2.91 bits per heavy atom. The zero-order chi connectivity index (χ0) is 15.2. The summed E-state index contributed by atoms with van der Waals surface area (Å²) in [6.07, 6.45) is 7.99. The van der Waals surface area contributed by atoms with E-state index in [0.717, 1.165) is 37.7 Å². The number of nitrogens with zero attached hydrogens (tertiary/aromatic N) is 3. The third-order valence-corrected chi connectivity index (χ3v) is 5.27. The first-order valence-electron chi connectivity index (χ1n) is 8.33. The Hall–Kier alpha value is -1.40. The Balaban J connectivity index is 1.53. The second-order valence-electron chi connectivity index (χ2n) is 6.86. The molecule has 1 unspecified atom stereocenters. The van der Waals surface area contributed by atoms with Gasteiger partial charge in [-0.05, 0) is 31.6 Å². The molecule has 1 aromatic rings. The largest absolute Gasteiger partial charge is 0.357 e. The highest BCUT2D eigenvalue weighted by molar-refractivity contribution is 5.80. The number of hydrogen-bond donors (Lipinski definition) is 1. The maximum atomic E-state index is 12.1. The molecule has 6 nitrogen and oxygen atoms in total. The maximum absolute atomic E-state index is 12.1. The summed E-state index contributed by atoms with van der Waals surface area (Å²) in [7, 11) is 1.67. The SMILES string of the molecule is CNC(=O)C1Cn2ccnc2C2(CCN(CC3CC3)CC2)O1. The third-order valence-electron chi connectivity index (χ3n) is 5.27. The summed E-state index contributed by atoms with van der Waals surface area (Å²) in [5.74, 6) is 1.87. The zero-order valence-corrected chi connectivity index (χ0v) is 13.1. The van der Waals surface area contributed by atoms with Gasteiger partial charge in [-0.25, -0.2) is 4.98 Å². The first-order chi connectivity index (χ1) is 10.7. The Morgan fingerprint density at radius 2 is 2.23 bits per heavy atom. The summed E-state index contributed by atoms with van der Waals surface area (Å²) in [4.78, 5) is 19.1. The maximum Gasteiger partial charge on any atom is 0.250 e. The smallest absolute Gasteiger partial charge is 0.250 e. The average Bonchev–Trinajstić information content (AvgIpc) is 3.22. The minimum absolute atomic E-state index is 0.0425. The number of carbonyl (C=O) groups is 1. The lowest BCUT2D eigenvalue weighted by molar-refractivity contribution is -0.173. The second kappa shape index (κ2) is 5.35. The van der Waals surface area contributed by atoms with E-state index in [9.17, 15) is 4.79 Å².